The number of benzene rings is 1. The highest BCUT2D eigenvalue weighted by molar-refractivity contribution is 9.10. The lowest BCUT2D eigenvalue weighted by Gasteiger charge is -2.26. The average Bonchev–Trinajstić information content (AvgIpc) is 2.30. The standard InChI is InChI=1S/C14H20BrNO/c1-11(16-14-5-7-17-8-6-14)9-12-3-2-4-13(15)10-12/h2-4,10-11,14,16H,5-9H2,1H3/t11-/m1/s1. The highest BCUT2D eigenvalue weighted by Crippen LogP contribution is 2.14. The smallest absolute Gasteiger partial charge is 0.0480 e. The van der Waals surface area contributed by atoms with Crippen LogP contribution in [-0.2, 0) is 11.2 Å². The van der Waals surface area contributed by atoms with Gasteiger partial charge in [0.2, 0.25) is 0 Å². The van der Waals surface area contributed by atoms with Gasteiger partial charge in [0.1, 0.15) is 0 Å². The fourth-order valence-corrected chi connectivity index (χ4v) is 2.79. The van der Waals surface area contributed by atoms with Crippen molar-refractivity contribution >= 4 is 15.9 Å². The molecule has 0 bridgehead atoms. The number of rotatable bonds is 4. The Bertz CT molecular complexity index is 350. The minimum absolute atomic E-state index is 0.521. The van der Waals surface area contributed by atoms with Crippen LogP contribution in [0.3, 0.4) is 0 Å². The molecular weight excluding hydrogens is 278 g/mol. The summed E-state index contributed by atoms with van der Waals surface area (Å²) in [6.45, 7) is 4.07. The van der Waals surface area contributed by atoms with E-state index in [9.17, 15) is 0 Å². The maximum atomic E-state index is 5.37. The number of halogens is 1. The maximum Gasteiger partial charge on any atom is 0.0480 e. The molecule has 94 valence electrons. The first-order chi connectivity index (χ1) is 8.24. The van der Waals surface area contributed by atoms with Crippen LogP contribution in [0, 0.1) is 0 Å². The minimum Gasteiger partial charge on any atom is -0.381 e. The van der Waals surface area contributed by atoms with Crippen molar-refractivity contribution in [3.05, 3.63) is 34.3 Å². The van der Waals surface area contributed by atoms with E-state index in [1.165, 1.54) is 5.56 Å². The average molecular weight is 298 g/mol. The van der Waals surface area contributed by atoms with E-state index in [0.29, 0.717) is 12.1 Å². The number of hydrogen-bond acceptors (Lipinski definition) is 2. The number of ether oxygens (including phenoxy) is 1. The Morgan fingerprint density at radius 1 is 1.41 bits per heavy atom. The van der Waals surface area contributed by atoms with Crippen LogP contribution in [-0.4, -0.2) is 25.3 Å². The molecule has 2 rings (SSSR count). The molecule has 0 saturated carbocycles. The predicted octanol–water partition coefficient (Wildman–Crippen LogP) is 3.15. The fraction of sp³-hybridized carbons (Fsp3) is 0.571. The SMILES string of the molecule is C[C@H](Cc1cccc(Br)c1)NC1CCOCC1. The van der Waals surface area contributed by atoms with Gasteiger partial charge in [0.05, 0.1) is 0 Å². The van der Waals surface area contributed by atoms with E-state index in [4.69, 9.17) is 4.74 Å². The summed E-state index contributed by atoms with van der Waals surface area (Å²) in [6.07, 6.45) is 3.36. The summed E-state index contributed by atoms with van der Waals surface area (Å²) >= 11 is 3.51. The lowest BCUT2D eigenvalue weighted by molar-refractivity contribution is 0.0755. The Morgan fingerprint density at radius 2 is 2.18 bits per heavy atom. The zero-order valence-corrected chi connectivity index (χ0v) is 11.9. The summed E-state index contributed by atoms with van der Waals surface area (Å²) in [5.74, 6) is 0. The first-order valence-electron chi connectivity index (χ1n) is 6.32. The molecule has 0 unspecified atom stereocenters. The molecule has 1 atom stereocenters. The van der Waals surface area contributed by atoms with Gasteiger partial charge in [-0.15, -0.1) is 0 Å². The van der Waals surface area contributed by atoms with Crippen molar-refractivity contribution < 1.29 is 4.74 Å². The fourth-order valence-electron chi connectivity index (χ4n) is 2.34. The molecule has 1 aromatic rings. The Hall–Kier alpha value is -0.380. The van der Waals surface area contributed by atoms with Crippen molar-refractivity contribution in [3.63, 3.8) is 0 Å². The molecule has 1 aliphatic heterocycles. The molecule has 1 aliphatic rings. The molecule has 0 aromatic heterocycles. The normalized spacial score (nSPS) is 19.2. The Balaban J connectivity index is 1.82. The summed E-state index contributed by atoms with van der Waals surface area (Å²) in [5.41, 5.74) is 1.38. The molecule has 1 aromatic carbocycles. The monoisotopic (exact) mass is 297 g/mol. The van der Waals surface area contributed by atoms with Crippen LogP contribution in [0.1, 0.15) is 25.3 Å². The van der Waals surface area contributed by atoms with Gasteiger partial charge in [0, 0.05) is 29.8 Å². The van der Waals surface area contributed by atoms with E-state index >= 15 is 0 Å². The van der Waals surface area contributed by atoms with Crippen LogP contribution in [0.2, 0.25) is 0 Å². The minimum atomic E-state index is 0.521. The van der Waals surface area contributed by atoms with Crippen LogP contribution in [0.25, 0.3) is 0 Å². The molecule has 0 radical (unpaired) electrons. The Labute approximate surface area is 112 Å². The highest BCUT2D eigenvalue weighted by Gasteiger charge is 2.15. The lowest BCUT2D eigenvalue weighted by Crippen LogP contribution is -2.41. The molecular formula is C14H20BrNO. The van der Waals surface area contributed by atoms with Crippen LogP contribution in [0.4, 0.5) is 0 Å². The first kappa shape index (κ1) is 13.1. The van der Waals surface area contributed by atoms with Crippen molar-refractivity contribution in [2.75, 3.05) is 13.2 Å². The van der Waals surface area contributed by atoms with E-state index in [-0.39, 0.29) is 0 Å². The first-order valence-corrected chi connectivity index (χ1v) is 7.11. The van der Waals surface area contributed by atoms with Crippen LogP contribution in [0.15, 0.2) is 28.7 Å². The van der Waals surface area contributed by atoms with Crippen molar-refractivity contribution in [1.82, 2.24) is 5.32 Å². The molecule has 0 aliphatic carbocycles. The molecule has 17 heavy (non-hydrogen) atoms. The third-order valence-corrected chi connectivity index (χ3v) is 3.67. The van der Waals surface area contributed by atoms with E-state index in [1.807, 2.05) is 0 Å². The lowest BCUT2D eigenvalue weighted by atomic mass is 10.0. The molecule has 1 fully saturated rings. The van der Waals surface area contributed by atoms with Gasteiger partial charge in [-0.05, 0) is 43.9 Å². The second kappa shape index (κ2) is 6.53. The van der Waals surface area contributed by atoms with E-state index < -0.39 is 0 Å². The van der Waals surface area contributed by atoms with Gasteiger partial charge in [-0.25, -0.2) is 0 Å². The van der Waals surface area contributed by atoms with Crippen molar-refractivity contribution in [1.29, 1.82) is 0 Å². The van der Waals surface area contributed by atoms with Crippen LogP contribution >= 0.6 is 15.9 Å². The van der Waals surface area contributed by atoms with Gasteiger partial charge in [0.25, 0.3) is 0 Å². The summed E-state index contributed by atoms with van der Waals surface area (Å²) in [5, 5.41) is 3.69. The van der Waals surface area contributed by atoms with Crippen molar-refractivity contribution in [3.8, 4) is 0 Å². The van der Waals surface area contributed by atoms with Crippen molar-refractivity contribution in [2.24, 2.45) is 0 Å². The zero-order valence-electron chi connectivity index (χ0n) is 10.3. The third-order valence-electron chi connectivity index (χ3n) is 3.17. The number of nitrogens with one attached hydrogen (secondary N) is 1. The second-order valence-corrected chi connectivity index (χ2v) is 5.70. The highest BCUT2D eigenvalue weighted by atomic mass is 79.9. The largest absolute Gasteiger partial charge is 0.381 e. The molecule has 1 saturated heterocycles. The Morgan fingerprint density at radius 3 is 2.88 bits per heavy atom. The topological polar surface area (TPSA) is 21.3 Å². The molecule has 2 nitrogen and oxygen atoms in total. The molecule has 0 amide bonds. The second-order valence-electron chi connectivity index (χ2n) is 4.79. The number of hydrogen-bond donors (Lipinski definition) is 1. The van der Waals surface area contributed by atoms with Gasteiger partial charge in [-0.1, -0.05) is 28.1 Å². The Kier molecular flexibility index (Phi) is 5.01. The maximum absolute atomic E-state index is 5.37. The van der Waals surface area contributed by atoms with Gasteiger partial charge in [-0.2, -0.15) is 0 Å². The molecule has 0 spiro atoms. The third kappa shape index (κ3) is 4.41. The van der Waals surface area contributed by atoms with Crippen molar-refractivity contribution in [2.45, 2.75) is 38.3 Å². The quantitative estimate of drug-likeness (QED) is 0.922. The van der Waals surface area contributed by atoms with Gasteiger partial charge in [0.15, 0.2) is 0 Å². The zero-order chi connectivity index (χ0) is 12.1. The summed E-state index contributed by atoms with van der Waals surface area (Å²) in [6, 6.07) is 9.70. The van der Waals surface area contributed by atoms with Gasteiger partial charge in [-0.3, -0.25) is 0 Å². The van der Waals surface area contributed by atoms with Crippen LogP contribution in [0.5, 0.6) is 0 Å². The molecule has 1 N–H and O–H groups in total. The predicted molar refractivity (Wildman–Crippen MR) is 74.3 cm³/mol. The summed E-state index contributed by atoms with van der Waals surface area (Å²) in [7, 11) is 0. The van der Waals surface area contributed by atoms with Crippen LogP contribution < -0.4 is 5.32 Å². The summed E-state index contributed by atoms with van der Waals surface area (Å²) in [4.78, 5) is 0. The van der Waals surface area contributed by atoms with Gasteiger partial charge < -0.3 is 10.1 Å². The van der Waals surface area contributed by atoms with E-state index in [1.54, 1.807) is 0 Å². The van der Waals surface area contributed by atoms with Gasteiger partial charge >= 0.3 is 0 Å². The summed E-state index contributed by atoms with van der Waals surface area (Å²) < 4.78 is 6.53. The molecule has 3 heteroatoms. The van der Waals surface area contributed by atoms with E-state index in [0.717, 1.165) is 36.9 Å². The molecule has 1 heterocycles. The van der Waals surface area contributed by atoms with E-state index in [2.05, 4.69) is 52.4 Å².